The zero-order valence-corrected chi connectivity index (χ0v) is 11.5. The fraction of sp³-hybridized carbons (Fsp3) is 0.467. The third-order valence-corrected chi connectivity index (χ3v) is 3.84. The van der Waals surface area contributed by atoms with Crippen LogP contribution in [0.3, 0.4) is 0 Å². The van der Waals surface area contributed by atoms with Crippen LogP contribution in [0.5, 0.6) is 0 Å². The normalized spacial score (nSPS) is 21.9. The van der Waals surface area contributed by atoms with E-state index in [1.807, 2.05) is 0 Å². The Kier molecular flexibility index (Phi) is 3.11. The van der Waals surface area contributed by atoms with Gasteiger partial charge in [-0.2, -0.15) is 0 Å². The Labute approximate surface area is 113 Å². The molecule has 2 atom stereocenters. The average Bonchev–Trinajstić information content (AvgIpc) is 3.10. The Morgan fingerprint density at radius 1 is 1.21 bits per heavy atom. The molecule has 1 fully saturated rings. The Bertz CT molecular complexity index is 559. The van der Waals surface area contributed by atoms with Crippen LogP contribution < -0.4 is 5.73 Å². The topological polar surface area (TPSA) is 56.7 Å². The maximum atomic E-state index is 5.74. The smallest absolute Gasteiger partial charge is 0.147 e. The summed E-state index contributed by atoms with van der Waals surface area (Å²) in [5.41, 5.74) is 7.15. The molecule has 0 radical (unpaired) electrons. The zero-order valence-electron chi connectivity index (χ0n) is 11.5. The molecule has 0 amide bonds. The highest BCUT2D eigenvalue weighted by Gasteiger charge is 2.43. The van der Waals surface area contributed by atoms with Gasteiger partial charge in [0.05, 0.1) is 6.54 Å². The van der Waals surface area contributed by atoms with Crippen molar-refractivity contribution in [2.45, 2.75) is 44.7 Å². The van der Waals surface area contributed by atoms with Crippen molar-refractivity contribution in [2.75, 3.05) is 0 Å². The quantitative estimate of drug-likeness (QED) is 0.914. The molecule has 2 aromatic rings. The molecule has 0 aliphatic heterocycles. The molecule has 4 heteroatoms. The highest BCUT2D eigenvalue weighted by molar-refractivity contribution is 5.31. The summed E-state index contributed by atoms with van der Waals surface area (Å²) in [5, 5.41) is 8.61. The lowest BCUT2D eigenvalue weighted by Crippen LogP contribution is -2.13. The Morgan fingerprint density at radius 2 is 1.95 bits per heavy atom. The van der Waals surface area contributed by atoms with E-state index < -0.39 is 0 Å². The van der Waals surface area contributed by atoms with E-state index in [2.05, 4.69) is 58.9 Å². The number of nitrogens with two attached hydrogens (primary N) is 1. The first-order valence-electron chi connectivity index (χ1n) is 6.91. The van der Waals surface area contributed by atoms with Gasteiger partial charge in [0.2, 0.25) is 0 Å². The lowest BCUT2D eigenvalue weighted by atomic mass is 10.1. The Morgan fingerprint density at radius 3 is 2.58 bits per heavy atom. The van der Waals surface area contributed by atoms with Crippen molar-refractivity contribution in [3.63, 3.8) is 0 Å². The molecule has 0 spiro atoms. The van der Waals surface area contributed by atoms with Gasteiger partial charge in [-0.05, 0) is 31.7 Å². The van der Waals surface area contributed by atoms with Gasteiger partial charge in [-0.1, -0.05) is 30.3 Å². The molecule has 1 aromatic heterocycles. The highest BCUT2D eigenvalue weighted by atomic mass is 15.3. The van der Waals surface area contributed by atoms with E-state index in [4.69, 9.17) is 5.73 Å². The first kappa shape index (κ1) is 12.4. The van der Waals surface area contributed by atoms with Gasteiger partial charge in [-0.3, -0.25) is 0 Å². The van der Waals surface area contributed by atoms with Crippen molar-refractivity contribution in [2.24, 2.45) is 5.73 Å². The van der Waals surface area contributed by atoms with Crippen LogP contribution >= 0.6 is 0 Å². The maximum Gasteiger partial charge on any atom is 0.147 e. The van der Waals surface area contributed by atoms with Crippen molar-refractivity contribution in [3.05, 3.63) is 47.5 Å². The average molecular weight is 256 g/mol. The summed E-state index contributed by atoms with van der Waals surface area (Å²) in [6.07, 6.45) is 1.17. The van der Waals surface area contributed by atoms with Gasteiger partial charge in [0.15, 0.2) is 0 Å². The van der Waals surface area contributed by atoms with Crippen LogP contribution in [0.2, 0.25) is 0 Å². The molecule has 1 heterocycles. The standard InChI is InChI=1S/C15H20N4/c1-10(2)19-14(9-16)17-18-15(19)13-8-12(13)11-6-4-3-5-7-11/h3-7,10,12-13H,8-9,16H2,1-2H3. The molecule has 4 nitrogen and oxygen atoms in total. The first-order valence-corrected chi connectivity index (χ1v) is 6.91. The summed E-state index contributed by atoms with van der Waals surface area (Å²) >= 11 is 0. The molecule has 1 aliphatic carbocycles. The van der Waals surface area contributed by atoms with Gasteiger partial charge in [0, 0.05) is 12.0 Å². The van der Waals surface area contributed by atoms with Gasteiger partial charge < -0.3 is 10.3 Å². The van der Waals surface area contributed by atoms with Crippen molar-refractivity contribution in [1.82, 2.24) is 14.8 Å². The molecule has 0 bridgehead atoms. The second kappa shape index (κ2) is 4.78. The molecule has 2 unspecified atom stereocenters. The van der Waals surface area contributed by atoms with Crippen molar-refractivity contribution < 1.29 is 0 Å². The van der Waals surface area contributed by atoms with Crippen LogP contribution in [-0.4, -0.2) is 14.8 Å². The number of hydrogen-bond acceptors (Lipinski definition) is 3. The van der Waals surface area contributed by atoms with Gasteiger partial charge in [-0.25, -0.2) is 0 Å². The molecule has 0 saturated heterocycles. The lowest BCUT2D eigenvalue weighted by Gasteiger charge is -2.13. The van der Waals surface area contributed by atoms with Crippen molar-refractivity contribution >= 4 is 0 Å². The summed E-state index contributed by atoms with van der Waals surface area (Å²) in [4.78, 5) is 0. The molecule has 3 rings (SSSR count). The van der Waals surface area contributed by atoms with Crippen LogP contribution in [0.15, 0.2) is 30.3 Å². The number of rotatable bonds is 4. The molecule has 1 saturated carbocycles. The molecule has 1 aliphatic rings. The number of aromatic nitrogens is 3. The molecular formula is C15H20N4. The fourth-order valence-corrected chi connectivity index (χ4v) is 2.84. The van der Waals surface area contributed by atoms with Crippen LogP contribution in [0, 0.1) is 0 Å². The van der Waals surface area contributed by atoms with E-state index in [1.54, 1.807) is 0 Å². The highest BCUT2D eigenvalue weighted by Crippen LogP contribution is 2.54. The minimum absolute atomic E-state index is 0.362. The van der Waals surface area contributed by atoms with Crippen LogP contribution in [-0.2, 0) is 6.54 Å². The Balaban J connectivity index is 1.88. The second-order valence-corrected chi connectivity index (χ2v) is 5.50. The van der Waals surface area contributed by atoms with E-state index in [1.165, 1.54) is 12.0 Å². The lowest BCUT2D eigenvalue weighted by molar-refractivity contribution is 0.542. The van der Waals surface area contributed by atoms with Crippen LogP contribution in [0.1, 0.15) is 55.4 Å². The minimum atomic E-state index is 0.362. The van der Waals surface area contributed by atoms with Crippen molar-refractivity contribution in [3.8, 4) is 0 Å². The van der Waals surface area contributed by atoms with E-state index in [0.29, 0.717) is 24.4 Å². The van der Waals surface area contributed by atoms with Crippen LogP contribution in [0.4, 0.5) is 0 Å². The predicted octanol–water partition coefficient (Wildman–Crippen LogP) is 2.59. The molecular weight excluding hydrogens is 236 g/mol. The summed E-state index contributed by atoms with van der Waals surface area (Å²) in [6, 6.07) is 11.0. The first-order chi connectivity index (χ1) is 9.22. The SMILES string of the molecule is CC(C)n1c(CN)nnc1C1CC1c1ccccc1. The van der Waals surface area contributed by atoms with Gasteiger partial charge >= 0.3 is 0 Å². The monoisotopic (exact) mass is 256 g/mol. The molecule has 19 heavy (non-hydrogen) atoms. The number of benzene rings is 1. The second-order valence-electron chi connectivity index (χ2n) is 5.50. The number of nitrogens with zero attached hydrogens (tertiary/aromatic N) is 3. The van der Waals surface area contributed by atoms with E-state index >= 15 is 0 Å². The number of hydrogen-bond donors (Lipinski definition) is 1. The zero-order chi connectivity index (χ0) is 13.4. The van der Waals surface area contributed by atoms with E-state index in [9.17, 15) is 0 Å². The van der Waals surface area contributed by atoms with E-state index in [0.717, 1.165) is 11.6 Å². The maximum absolute atomic E-state index is 5.74. The third kappa shape index (κ3) is 2.16. The van der Waals surface area contributed by atoms with Gasteiger partial charge in [-0.15, -0.1) is 10.2 Å². The molecule has 1 aromatic carbocycles. The fourth-order valence-electron chi connectivity index (χ4n) is 2.84. The summed E-state index contributed by atoms with van der Waals surface area (Å²) in [6.45, 7) is 4.77. The van der Waals surface area contributed by atoms with Gasteiger partial charge in [0.1, 0.15) is 11.6 Å². The summed E-state index contributed by atoms with van der Waals surface area (Å²) in [5.74, 6) is 3.08. The van der Waals surface area contributed by atoms with Crippen molar-refractivity contribution in [1.29, 1.82) is 0 Å². The summed E-state index contributed by atoms with van der Waals surface area (Å²) in [7, 11) is 0. The third-order valence-electron chi connectivity index (χ3n) is 3.84. The largest absolute Gasteiger partial charge is 0.324 e. The van der Waals surface area contributed by atoms with E-state index in [-0.39, 0.29) is 0 Å². The molecule has 2 N–H and O–H groups in total. The minimum Gasteiger partial charge on any atom is -0.324 e. The van der Waals surface area contributed by atoms with Crippen LogP contribution in [0.25, 0.3) is 0 Å². The molecule has 100 valence electrons. The predicted molar refractivity (Wildman–Crippen MR) is 74.8 cm³/mol. The Hall–Kier alpha value is -1.68. The van der Waals surface area contributed by atoms with Gasteiger partial charge in [0.25, 0.3) is 0 Å². The summed E-state index contributed by atoms with van der Waals surface area (Å²) < 4.78 is 2.20.